The van der Waals surface area contributed by atoms with E-state index in [2.05, 4.69) is 0 Å². The van der Waals surface area contributed by atoms with E-state index < -0.39 is 0 Å². The van der Waals surface area contributed by atoms with E-state index in [4.69, 9.17) is 37.9 Å². The third kappa shape index (κ3) is 32.4. The van der Waals surface area contributed by atoms with Crippen LogP contribution in [0.15, 0.2) is 0 Å². The SMILES string of the molecule is OCCOCC(CSCC(CSCC(COCCO)OCCO)(CSCC(COCCO)OCCO)CSCC(COCCO)OCCO)OCCO. The van der Waals surface area contributed by atoms with E-state index in [1.165, 1.54) is 0 Å². The zero-order valence-corrected chi connectivity index (χ0v) is 34.4. The maximum atomic E-state index is 9.38. The molecule has 20 heteroatoms. The molecule has 0 rings (SSSR count). The lowest BCUT2D eigenvalue weighted by molar-refractivity contribution is -0.0225. The van der Waals surface area contributed by atoms with Crippen LogP contribution in [0.2, 0.25) is 0 Å². The Hall–Kier alpha value is 0.760. The van der Waals surface area contributed by atoms with Gasteiger partial charge in [0.15, 0.2) is 0 Å². The third-order valence-electron chi connectivity index (χ3n) is 6.78. The lowest BCUT2D eigenvalue weighted by Crippen LogP contribution is -2.37. The first-order valence-electron chi connectivity index (χ1n) is 17.9. The summed E-state index contributed by atoms with van der Waals surface area (Å²) in [6.07, 6.45) is -1.21. The Morgan fingerprint density at radius 2 is 0.528 bits per heavy atom. The minimum absolute atomic E-state index is 0.106. The summed E-state index contributed by atoms with van der Waals surface area (Å²) in [7, 11) is 0. The summed E-state index contributed by atoms with van der Waals surface area (Å²) in [5, 5.41) is 74.3. The van der Waals surface area contributed by atoms with Gasteiger partial charge in [-0.05, 0) is 0 Å². The van der Waals surface area contributed by atoms with E-state index in [0.29, 0.717) is 46.0 Å². The highest BCUT2D eigenvalue weighted by Crippen LogP contribution is 2.37. The maximum absolute atomic E-state index is 9.38. The van der Waals surface area contributed by atoms with Crippen molar-refractivity contribution in [2.75, 3.05) is 178 Å². The Balaban J connectivity index is 6.20. The second kappa shape index (κ2) is 40.9. The van der Waals surface area contributed by atoms with E-state index >= 15 is 0 Å². The highest BCUT2D eigenvalue weighted by Gasteiger charge is 2.32. The summed E-state index contributed by atoms with van der Waals surface area (Å²) in [6, 6.07) is 0. The van der Waals surface area contributed by atoms with Crippen molar-refractivity contribution in [3.05, 3.63) is 0 Å². The Kier molecular flexibility index (Phi) is 41.5. The van der Waals surface area contributed by atoms with Gasteiger partial charge in [0.1, 0.15) is 0 Å². The molecule has 8 N–H and O–H groups in total. The molecular weight excluding hydrogens is 781 g/mol. The van der Waals surface area contributed by atoms with Gasteiger partial charge in [0.2, 0.25) is 0 Å². The predicted molar refractivity (Wildman–Crippen MR) is 211 cm³/mol. The van der Waals surface area contributed by atoms with Crippen LogP contribution in [0.3, 0.4) is 0 Å². The number of ether oxygens (including phenoxy) is 8. The highest BCUT2D eigenvalue weighted by atomic mass is 32.2. The molecule has 16 nitrogen and oxygen atoms in total. The van der Waals surface area contributed by atoms with Crippen LogP contribution in [-0.2, 0) is 37.9 Å². The molecule has 0 fully saturated rings. The fraction of sp³-hybridized carbons (Fsp3) is 1.00. The second-order valence-electron chi connectivity index (χ2n) is 11.6. The Morgan fingerprint density at radius 1 is 0.321 bits per heavy atom. The summed E-state index contributed by atoms with van der Waals surface area (Å²) in [6.45, 7) is 1.53. The quantitative estimate of drug-likeness (QED) is 0.0324. The number of rotatable bonds is 44. The first-order chi connectivity index (χ1) is 26.0. The molecule has 0 aliphatic rings. The number of aliphatic hydroxyl groups is 8. The van der Waals surface area contributed by atoms with Crippen molar-refractivity contribution < 1.29 is 78.7 Å². The molecule has 4 unspecified atom stereocenters. The van der Waals surface area contributed by atoms with Crippen LogP contribution in [0.25, 0.3) is 0 Å². The van der Waals surface area contributed by atoms with Crippen molar-refractivity contribution in [1.29, 1.82) is 0 Å². The largest absolute Gasteiger partial charge is 0.394 e. The van der Waals surface area contributed by atoms with E-state index in [-0.39, 0.29) is 162 Å². The monoisotopic (exact) mass is 848 g/mol. The second-order valence-corrected chi connectivity index (χ2v) is 15.7. The molecule has 53 heavy (non-hydrogen) atoms. The molecule has 0 aliphatic heterocycles. The molecule has 0 saturated heterocycles. The smallest absolute Gasteiger partial charge is 0.0899 e. The Morgan fingerprint density at radius 3 is 0.717 bits per heavy atom. The van der Waals surface area contributed by atoms with Crippen molar-refractivity contribution in [1.82, 2.24) is 0 Å². The molecule has 0 radical (unpaired) electrons. The van der Waals surface area contributed by atoms with Crippen molar-refractivity contribution in [2.24, 2.45) is 5.41 Å². The molecule has 0 amide bonds. The molecule has 0 aromatic rings. The third-order valence-corrected chi connectivity index (χ3v) is 12.5. The van der Waals surface area contributed by atoms with Gasteiger partial charge >= 0.3 is 0 Å². The number of hydrogen-bond donors (Lipinski definition) is 8. The van der Waals surface area contributed by atoms with Crippen LogP contribution in [0.1, 0.15) is 0 Å². The van der Waals surface area contributed by atoms with Gasteiger partial charge < -0.3 is 78.7 Å². The molecule has 0 aromatic heterocycles. The van der Waals surface area contributed by atoms with Crippen LogP contribution in [0, 0.1) is 5.41 Å². The standard InChI is InChI=1S/C33H68O16S4/c34-1-9-42-17-29(46-13-5-38)21-50-25-33(26-51-22-30(47-14-6-39)18-43-10-2-35,27-52-23-31(48-15-7-40)19-44-11-3-36)28-53-24-32(49-16-8-41)20-45-12-4-37/h29-32,34-41H,1-28H2. The predicted octanol–water partition coefficient (Wildman–Crippen LogP) is -1.55. The van der Waals surface area contributed by atoms with Crippen LogP contribution < -0.4 is 0 Å². The van der Waals surface area contributed by atoms with Crippen LogP contribution in [0.5, 0.6) is 0 Å². The Bertz CT molecular complexity index is 625. The molecule has 0 aromatic carbocycles. The minimum Gasteiger partial charge on any atom is -0.394 e. The fourth-order valence-electron chi connectivity index (χ4n) is 4.45. The van der Waals surface area contributed by atoms with Crippen LogP contribution in [-0.4, -0.2) is 243 Å². The van der Waals surface area contributed by atoms with Gasteiger partial charge in [-0.25, -0.2) is 0 Å². The Labute approximate surface area is 332 Å². The summed E-state index contributed by atoms with van der Waals surface area (Å²) in [4.78, 5) is 0. The summed E-state index contributed by atoms with van der Waals surface area (Å²) < 4.78 is 45.6. The maximum Gasteiger partial charge on any atom is 0.0899 e. The van der Waals surface area contributed by atoms with E-state index in [0.717, 1.165) is 0 Å². The summed E-state index contributed by atoms with van der Waals surface area (Å²) >= 11 is 6.82. The average molecular weight is 849 g/mol. The summed E-state index contributed by atoms with van der Waals surface area (Å²) in [5.41, 5.74) is -0.285. The van der Waals surface area contributed by atoms with Gasteiger partial charge in [-0.2, -0.15) is 47.0 Å². The van der Waals surface area contributed by atoms with Gasteiger partial charge in [-0.15, -0.1) is 0 Å². The first kappa shape index (κ1) is 53.8. The zero-order chi connectivity index (χ0) is 39.1. The molecule has 0 bridgehead atoms. The lowest BCUT2D eigenvalue weighted by Gasteiger charge is -2.35. The molecule has 0 spiro atoms. The van der Waals surface area contributed by atoms with Crippen molar-refractivity contribution in [3.63, 3.8) is 0 Å². The summed E-state index contributed by atoms with van der Waals surface area (Å²) in [5.74, 6) is 5.20. The molecule has 4 atom stereocenters. The van der Waals surface area contributed by atoms with Gasteiger partial charge in [-0.1, -0.05) is 0 Å². The number of thioether (sulfide) groups is 4. The van der Waals surface area contributed by atoms with Gasteiger partial charge in [-0.3, -0.25) is 0 Å². The molecule has 0 heterocycles. The van der Waals surface area contributed by atoms with Crippen molar-refractivity contribution in [2.45, 2.75) is 24.4 Å². The molecule has 320 valence electrons. The van der Waals surface area contributed by atoms with E-state index in [1.54, 1.807) is 47.0 Å². The molecule has 0 saturated carbocycles. The van der Waals surface area contributed by atoms with E-state index in [1.807, 2.05) is 0 Å². The van der Waals surface area contributed by atoms with Crippen molar-refractivity contribution >= 4 is 47.0 Å². The van der Waals surface area contributed by atoms with Gasteiger partial charge in [0, 0.05) is 51.4 Å². The first-order valence-corrected chi connectivity index (χ1v) is 22.5. The normalized spacial score (nSPS) is 15.4. The minimum atomic E-state index is -0.302. The van der Waals surface area contributed by atoms with Crippen molar-refractivity contribution in [3.8, 4) is 0 Å². The highest BCUT2D eigenvalue weighted by molar-refractivity contribution is 8.02. The van der Waals surface area contributed by atoms with Gasteiger partial charge in [0.25, 0.3) is 0 Å². The zero-order valence-electron chi connectivity index (χ0n) is 31.1. The fourth-order valence-corrected chi connectivity index (χ4v) is 10.5. The lowest BCUT2D eigenvalue weighted by atomic mass is 9.99. The van der Waals surface area contributed by atoms with Gasteiger partial charge in [0.05, 0.1) is 157 Å². The molecular formula is C33H68O16S4. The molecule has 0 aliphatic carbocycles. The number of aliphatic hydroxyl groups excluding tert-OH is 8. The average Bonchev–Trinajstić information content (AvgIpc) is 3.16. The van der Waals surface area contributed by atoms with E-state index in [9.17, 15) is 40.9 Å². The van der Waals surface area contributed by atoms with Crippen LogP contribution >= 0.6 is 47.0 Å². The topological polar surface area (TPSA) is 236 Å². The van der Waals surface area contributed by atoms with Crippen LogP contribution in [0.4, 0.5) is 0 Å². The number of hydrogen-bond acceptors (Lipinski definition) is 20.